The van der Waals surface area contributed by atoms with Gasteiger partial charge in [0.15, 0.2) is 10.1 Å². The molecular weight excluding hydrogens is 360 g/mol. The Morgan fingerprint density at radius 2 is 1.92 bits per heavy atom. The second-order valence-electron chi connectivity index (χ2n) is 5.36. The number of anilines is 1. The molecule has 0 fully saturated rings. The maximum atomic E-state index is 12.7. The van der Waals surface area contributed by atoms with Gasteiger partial charge in [0.25, 0.3) is 0 Å². The summed E-state index contributed by atoms with van der Waals surface area (Å²) in [7, 11) is 0. The lowest BCUT2D eigenvalue weighted by Gasteiger charge is -2.05. The third kappa shape index (κ3) is 4.82. The molecule has 0 spiro atoms. The number of aromatic amines is 1. The van der Waals surface area contributed by atoms with Crippen LogP contribution >= 0.6 is 23.1 Å². The van der Waals surface area contributed by atoms with Gasteiger partial charge < -0.3 is 15.0 Å². The van der Waals surface area contributed by atoms with Gasteiger partial charge >= 0.3 is 5.97 Å². The standard InChI is InChI=1S/C16H22N4O3S2/c1-5-7-17-15-19-20-16(25-15)24-8-11(21)12-9(3)18-10(4)13(12)14(22)23-6-2/h18H,5-8H2,1-4H3,(H,17,19). The fourth-order valence-corrected chi connectivity index (χ4v) is 4.01. The lowest BCUT2D eigenvalue weighted by molar-refractivity contribution is 0.0522. The number of Topliss-reactive ketones (excluding diaryl/α,β-unsaturated/α-hetero) is 1. The zero-order valence-corrected chi connectivity index (χ0v) is 16.4. The molecule has 0 amide bonds. The quantitative estimate of drug-likeness (QED) is 0.389. The second kappa shape index (κ2) is 9.00. The molecule has 0 saturated carbocycles. The molecule has 0 aliphatic heterocycles. The molecule has 2 aromatic heterocycles. The van der Waals surface area contributed by atoms with Crippen molar-refractivity contribution in [3.8, 4) is 0 Å². The number of rotatable bonds is 9. The van der Waals surface area contributed by atoms with E-state index in [0.717, 1.165) is 22.4 Å². The van der Waals surface area contributed by atoms with Crippen molar-refractivity contribution in [1.29, 1.82) is 0 Å². The molecule has 0 bridgehead atoms. The van der Waals surface area contributed by atoms with Gasteiger partial charge in [-0.15, -0.1) is 10.2 Å². The number of ketones is 1. The number of aromatic nitrogens is 3. The first kappa shape index (κ1) is 19.5. The van der Waals surface area contributed by atoms with Gasteiger partial charge in [-0.2, -0.15) is 0 Å². The van der Waals surface area contributed by atoms with E-state index in [0.29, 0.717) is 22.5 Å². The summed E-state index contributed by atoms with van der Waals surface area (Å²) in [4.78, 5) is 27.9. The molecule has 25 heavy (non-hydrogen) atoms. The number of carbonyl (C=O) groups excluding carboxylic acids is 2. The summed E-state index contributed by atoms with van der Waals surface area (Å²) in [5.74, 6) is -0.416. The van der Waals surface area contributed by atoms with E-state index in [4.69, 9.17) is 4.74 Å². The van der Waals surface area contributed by atoms with Crippen LogP contribution in [0.4, 0.5) is 5.13 Å². The summed E-state index contributed by atoms with van der Waals surface area (Å²) >= 11 is 2.73. The van der Waals surface area contributed by atoms with Crippen LogP contribution in [0.2, 0.25) is 0 Å². The van der Waals surface area contributed by atoms with Crippen LogP contribution in [0.5, 0.6) is 0 Å². The van der Waals surface area contributed by atoms with E-state index in [2.05, 4.69) is 27.4 Å². The average Bonchev–Trinajstić information content (AvgIpc) is 3.14. The van der Waals surface area contributed by atoms with Gasteiger partial charge in [-0.25, -0.2) is 4.79 Å². The Labute approximate surface area is 155 Å². The molecule has 2 aromatic rings. The summed E-state index contributed by atoms with van der Waals surface area (Å²) in [6, 6.07) is 0. The van der Waals surface area contributed by atoms with Gasteiger partial charge in [-0.1, -0.05) is 30.0 Å². The van der Waals surface area contributed by atoms with Gasteiger partial charge in [0, 0.05) is 17.9 Å². The molecule has 2 rings (SSSR count). The predicted molar refractivity (Wildman–Crippen MR) is 100.0 cm³/mol. The van der Waals surface area contributed by atoms with E-state index in [9.17, 15) is 9.59 Å². The number of aryl methyl sites for hydroxylation is 2. The second-order valence-corrected chi connectivity index (χ2v) is 7.56. The van der Waals surface area contributed by atoms with Gasteiger partial charge in [0.2, 0.25) is 5.13 Å². The number of hydrogen-bond donors (Lipinski definition) is 2. The summed E-state index contributed by atoms with van der Waals surface area (Å²) in [6.07, 6.45) is 1.00. The zero-order valence-electron chi connectivity index (χ0n) is 14.8. The number of nitrogens with one attached hydrogen (secondary N) is 2. The van der Waals surface area contributed by atoms with Crippen LogP contribution in [0.3, 0.4) is 0 Å². The van der Waals surface area contributed by atoms with Crippen LogP contribution in [-0.2, 0) is 4.74 Å². The smallest absolute Gasteiger partial charge is 0.340 e. The molecule has 0 unspecified atom stereocenters. The number of ether oxygens (including phenoxy) is 1. The highest BCUT2D eigenvalue weighted by molar-refractivity contribution is 8.01. The molecule has 0 saturated heterocycles. The highest BCUT2D eigenvalue weighted by Crippen LogP contribution is 2.28. The van der Waals surface area contributed by atoms with E-state index in [1.165, 1.54) is 23.1 Å². The molecule has 0 aliphatic carbocycles. The van der Waals surface area contributed by atoms with Crippen molar-refractivity contribution in [3.63, 3.8) is 0 Å². The molecule has 2 heterocycles. The van der Waals surface area contributed by atoms with Crippen molar-refractivity contribution < 1.29 is 14.3 Å². The first-order valence-corrected chi connectivity index (χ1v) is 9.87. The Morgan fingerprint density at radius 3 is 2.60 bits per heavy atom. The summed E-state index contributed by atoms with van der Waals surface area (Å²) in [5, 5.41) is 12.0. The lowest BCUT2D eigenvalue weighted by Crippen LogP contribution is -2.13. The zero-order chi connectivity index (χ0) is 18.4. The Kier molecular flexibility index (Phi) is 7.01. The topological polar surface area (TPSA) is 97.0 Å². The molecule has 2 N–H and O–H groups in total. The average molecular weight is 383 g/mol. The van der Waals surface area contributed by atoms with Crippen LogP contribution < -0.4 is 5.32 Å². The van der Waals surface area contributed by atoms with Gasteiger partial charge in [0.1, 0.15) is 0 Å². The number of esters is 1. The van der Waals surface area contributed by atoms with Crippen LogP contribution in [0, 0.1) is 13.8 Å². The molecule has 7 nitrogen and oxygen atoms in total. The van der Waals surface area contributed by atoms with Gasteiger partial charge in [-0.05, 0) is 27.2 Å². The van der Waals surface area contributed by atoms with Crippen molar-refractivity contribution in [2.24, 2.45) is 0 Å². The third-order valence-electron chi connectivity index (χ3n) is 3.39. The largest absolute Gasteiger partial charge is 0.462 e. The molecule has 0 atom stereocenters. The number of hydrogen-bond acceptors (Lipinski definition) is 8. The highest BCUT2D eigenvalue weighted by atomic mass is 32.2. The van der Waals surface area contributed by atoms with Crippen molar-refractivity contribution in [2.45, 2.75) is 38.5 Å². The number of H-pyrrole nitrogens is 1. The Hall–Kier alpha value is -1.87. The number of thioether (sulfide) groups is 1. The van der Waals surface area contributed by atoms with Crippen molar-refractivity contribution in [1.82, 2.24) is 15.2 Å². The molecule has 136 valence electrons. The Bertz CT molecular complexity index is 755. The maximum Gasteiger partial charge on any atom is 0.340 e. The minimum atomic E-state index is -0.473. The number of carbonyl (C=O) groups is 2. The molecular formula is C16H22N4O3S2. The normalized spacial score (nSPS) is 10.7. The highest BCUT2D eigenvalue weighted by Gasteiger charge is 2.25. The summed E-state index contributed by atoms with van der Waals surface area (Å²) < 4.78 is 5.79. The molecule has 0 aromatic carbocycles. The van der Waals surface area contributed by atoms with Crippen LogP contribution in [-0.4, -0.2) is 45.8 Å². The minimum Gasteiger partial charge on any atom is -0.462 e. The van der Waals surface area contributed by atoms with E-state index < -0.39 is 5.97 Å². The number of nitrogens with zero attached hydrogens (tertiary/aromatic N) is 2. The van der Waals surface area contributed by atoms with Crippen LogP contribution in [0.15, 0.2) is 4.34 Å². The van der Waals surface area contributed by atoms with Crippen LogP contribution in [0.25, 0.3) is 0 Å². The van der Waals surface area contributed by atoms with Crippen molar-refractivity contribution in [3.05, 3.63) is 22.5 Å². The third-order valence-corrected chi connectivity index (χ3v) is 5.41. The van der Waals surface area contributed by atoms with E-state index >= 15 is 0 Å². The maximum absolute atomic E-state index is 12.7. The van der Waals surface area contributed by atoms with Crippen molar-refractivity contribution >= 4 is 40.0 Å². The Balaban J connectivity index is 2.08. The summed E-state index contributed by atoms with van der Waals surface area (Å²) in [6.45, 7) is 8.46. The summed E-state index contributed by atoms with van der Waals surface area (Å²) in [5.41, 5.74) is 2.05. The first-order valence-electron chi connectivity index (χ1n) is 8.07. The van der Waals surface area contributed by atoms with E-state index in [-0.39, 0.29) is 18.1 Å². The fourth-order valence-electron chi connectivity index (χ4n) is 2.36. The monoisotopic (exact) mass is 382 g/mol. The molecule has 0 radical (unpaired) electrons. The Morgan fingerprint density at radius 1 is 1.20 bits per heavy atom. The van der Waals surface area contributed by atoms with Gasteiger partial charge in [-0.3, -0.25) is 4.79 Å². The van der Waals surface area contributed by atoms with Crippen LogP contribution in [0.1, 0.15) is 52.4 Å². The lowest BCUT2D eigenvalue weighted by atomic mass is 10.1. The van der Waals surface area contributed by atoms with E-state index in [1.54, 1.807) is 20.8 Å². The first-order chi connectivity index (χ1) is 12.0. The SMILES string of the molecule is CCCNc1nnc(SCC(=O)c2c(C)[nH]c(C)c2C(=O)OCC)s1. The van der Waals surface area contributed by atoms with E-state index in [1.807, 2.05) is 0 Å². The fraction of sp³-hybridized carbons (Fsp3) is 0.500. The van der Waals surface area contributed by atoms with Gasteiger partial charge in [0.05, 0.1) is 23.5 Å². The predicted octanol–water partition coefficient (Wildman–Crippen LogP) is 3.46. The minimum absolute atomic E-state index is 0.131. The molecule has 0 aliphatic rings. The molecule has 9 heteroatoms. The van der Waals surface area contributed by atoms with Crippen molar-refractivity contribution in [2.75, 3.05) is 24.2 Å².